The standard InChI is InChI=1S/C22H27Br2N5S/c1-29(2)21-17-5-3-4-6-19(17)27-22(28-21)26-15-9-7-14(8-10-15)12-25-13-16-11-18(23)20(24)30-16/h3-6,11,14-15,25H,7-10,12-13H2,1-2H3,(H,26,27,28). The summed E-state index contributed by atoms with van der Waals surface area (Å²) in [5.41, 5.74) is 0.989. The number of fused-ring (bicyclic) bond motifs is 1. The Morgan fingerprint density at radius 1 is 1.10 bits per heavy atom. The largest absolute Gasteiger partial charge is 0.362 e. The fourth-order valence-electron chi connectivity index (χ4n) is 4.04. The molecule has 0 saturated heterocycles. The Morgan fingerprint density at radius 2 is 1.87 bits per heavy atom. The number of para-hydroxylation sites is 1. The zero-order chi connectivity index (χ0) is 21.1. The van der Waals surface area contributed by atoms with Gasteiger partial charge in [-0.25, -0.2) is 4.98 Å². The monoisotopic (exact) mass is 551 g/mol. The quantitative estimate of drug-likeness (QED) is 0.374. The van der Waals surface area contributed by atoms with Crippen molar-refractivity contribution in [1.29, 1.82) is 0 Å². The minimum atomic E-state index is 0.446. The Labute approximate surface area is 198 Å². The third-order valence-electron chi connectivity index (χ3n) is 5.62. The Balaban J connectivity index is 1.29. The van der Waals surface area contributed by atoms with Crippen LogP contribution in [0.25, 0.3) is 10.9 Å². The van der Waals surface area contributed by atoms with Crippen LogP contribution in [-0.2, 0) is 6.54 Å². The zero-order valence-electron chi connectivity index (χ0n) is 17.3. The van der Waals surface area contributed by atoms with Crippen molar-refractivity contribution in [1.82, 2.24) is 15.3 Å². The fourth-order valence-corrected chi connectivity index (χ4v) is 6.18. The maximum atomic E-state index is 4.79. The van der Waals surface area contributed by atoms with Crippen molar-refractivity contribution in [2.75, 3.05) is 30.9 Å². The summed E-state index contributed by atoms with van der Waals surface area (Å²) in [4.78, 5) is 13.0. The number of thiophene rings is 1. The molecule has 3 aromatic rings. The number of hydrogen-bond donors (Lipinski definition) is 2. The van der Waals surface area contributed by atoms with E-state index in [1.54, 1.807) is 11.3 Å². The molecule has 1 saturated carbocycles. The first kappa shape index (κ1) is 22.0. The average molecular weight is 553 g/mol. The number of nitrogens with zero attached hydrogens (tertiary/aromatic N) is 3. The lowest BCUT2D eigenvalue weighted by Crippen LogP contribution is -2.31. The van der Waals surface area contributed by atoms with Crippen molar-refractivity contribution in [3.63, 3.8) is 0 Å². The van der Waals surface area contributed by atoms with Gasteiger partial charge in [0, 0.05) is 41.4 Å². The van der Waals surface area contributed by atoms with Crippen molar-refractivity contribution in [2.45, 2.75) is 38.3 Å². The van der Waals surface area contributed by atoms with Crippen LogP contribution in [0, 0.1) is 5.92 Å². The highest BCUT2D eigenvalue weighted by Gasteiger charge is 2.22. The molecule has 8 heteroatoms. The molecule has 1 aromatic carbocycles. The third-order valence-corrected chi connectivity index (χ3v) is 8.87. The van der Waals surface area contributed by atoms with Crippen LogP contribution in [0.4, 0.5) is 11.8 Å². The lowest BCUT2D eigenvalue weighted by Gasteiger charge is -2.29. The molecule has 0 unspecified atom stereocenters. The first-order chi connectivity index (χ1) is 14.5. The number of benzene rings is 1. The van der Waals surface area contributed by atoms with E-state index in [0.717, 1.165) is 59.0 Å². The minimum Gasteiger partial charge on any atom is -0.362 e. The Morgan fingerprint density at radius 3 is 2.57 bits per heavy atom. The lowest BCUT2D eigenvalue weighted by molar-refractivity contribution is 0.324. The van der Waals surface area contributed by atoms with Crippen LogP contribution in [-0.4, -0.2) is 36.6 Å². The van der Waals surface area contributed by atoms with Crippen LogP contribution in [0.1, 0.15) is 30.6 Å². The van der Waals surface area contributed by atoms with Gasteiger partial charge >= 0.3 is 0 Å². The predicted molar refractivity (Wildman–Crippen MR) is 135 cm³/mol. The summed E-state index contributed by atoms with van der Waals surface area (Å²) in [5, 5.41) is 8.33. The van der Waals surface area contributed by atoms with Crippen LogP contribution in [0.5, 0.6) is 0 Å². The van der Waals surface area contributed by atoms with Gasteiger partial charge in [0.1, 0.15) is 5.82 Å². The van der Waals surface area contributed by atoms with Gasteiger partial charge in [-0.3, -0.25) is 0 Å². The van der Waals surface area contributed by atoms with Gasteiger partial charge in [-0.2, -0.15) is 4.98 Å². The Bertz CT molecular complexity index is 979. The van der Waals surface area contributed by atoms with Gasteiger partial charge in [0.15, 0.2) is 0 Å². The molecule has 2 N–H and O–H groups in total. The second kappa shape index (κ2) is 9.94. The zero-order valence-corrected chi connectivity index (χ0v) is 21.3. The van der Waals surface area contributed by atoms with E-state index in [2.05, 4.69) is 65.6 Å². The van der Waals surface area contributed by atoms with E-state index in [4.69, 9.17) is 9.97 Å². The number of rotatable bonds is 7. The first-order valence-electron chi connectivity index (χ1n) is 10.3. The van der Waals surface area contributed by atoms with Gasteiger partial charge in [0.05, 0.1) is 9.30 Å². The summed E-state index contributed by atoms with van der Waals surface area (Å²) in [5.74, 6) is 2.45. The molecule has 30 heavy (non-hydrogen) atoms. The summed E-state index contributed by atoms with van der Waals surface area (Å²) in [7, 11) is 4.06. The van der Waals surface area contributed by atoms with Crippen LogP contribution in [0.2, 0.25) is 0 Å². The van der Waals surface area contributed by atoms with Crippen molar-refractivity contribution in [3.8, 4) is 0 Å². The molecule has 0 aliphatic heterocycles. The van der Waals surface area contributed by atoms with Crippen LogP contribution >= 0.6 is 43.2 Å². The maximum absolute atomic E-state index is 4.79. The van der Waals surface area contributed by atoms with Gasteiger partial charge in [-0.05, 0) is 88.2 Å². The molecule has 2 heterocycles. The molecule has 0 atom stereocenters. The van der Waals surface area contributed by atoms with Crippen molar-refractivity contribution < 1.29 is 0 Å². The van der Waals surface area contributed by atoms with Crippen LogP contribution < -0.4 is 15.5 Å². The molecule has 2 aromatic heterocycles. The van der Waals surface area contributed by atoms with E-state index in [0.29, 0.717) is 6.04 Å². The normalized spacial score (nSPS) is 19.2. The van der Waals surface area contributed by atoms with Gasteiger partial charge < -0.3 is 15.5 Å². The molecule has 160 valence electrons. The number of halogens is 2. The molecular formula is C22H27Br2N5S. The topological polar surface area (TPSA) is 53.1 Å². The molecular weight excluding hydrogens is 526 g/mol. The number of hydrogen-bond acceptors (Lipinski definition) is 6. The Kier molecular flexibility index (Phi) is 7.28. The molecule has 0 radical (unpaired) electrons. The highest BCUT2D eigenvalue weighted by Crippen LogP contribution is 2.32. The molecule has 0 amide bonds. The summed E-state index contributed by atoms with van der Waals surface area (Å²) >= 11 is 8.91. The molecule has 0 bridgehead atoms. The van der Waals surface area contributed by atoms with Gasteiger partial charge in [0.2, 0.25) is 5.95 Å². The first-order valence-corrected chi connectivity index (χ1v) is 12.7. The molecule has 1 fully saturated rings. The van der Waals surface area contributed by atoms with Crippen molar-refractivity contribution in [2.24, 2.45) is 5.92 Å². The number of aromatic nitrogens is 2. The van der Waals surface area contributed by atoms with Crippen LogP contribution in [0.3, 0.4) is 0 Å². The van der Waals surface area contributed by atoms with E-state index in [9.17, 15) is 0 Å². The summed E-state index contributed by atoms with van der Waals surface area (Å²) in [6.07, 6.45) is 4.79. The van der Waals surface area contributed by atoms with E-state index in [1.165, 1.54) is 21.5 Å². The minimum absolute atomic E-state index is 0.446. The fraction of sp³-hybridized carbons (Fsp3) is 0.455. The van der Waals surface area contributed by atoms with E-state index in [-0.39, 0.29) is 0 Å². The molecule has 1 aliphatic carbocycles. The summed E-state index contributed by atoms with van der Waals surface area (Å²) in [6, 6.07) is 10.8. The lowest BCUT2D eigenvalue weighted by atomic mass is 9.86. The highest BCUT2D eigenvalue weighted by molar-refractivity contribution is 9.13. The summed E-state index contributed by atoms with van der Waals surface area (Å²) < 4.78 is 2.31. The van der Waals surface area contributed by atoms with Gasteiger partial charge in [-0.15, -0.1) is 11.3 Å². The maximum Gasteiger partial charge on any atom is 0.225 e. The van der Waals surface area contributed by atoms with Crippen molar-refractivity contribution >= 4 is 65.9 Å². The number of nitrogens with one attached hydrogen (secondary N) is 2. The second-order valence-corrected chi connectivity index (χ2v) is 11.4. The van der Waals surface area contributed by atoms with E-state index in [1.807, 2.05) is 26.2 Å². The van der Waals surface area contributed by atoms with Gasteiger partial charge in [-0.1, -0.05) is 12.1 Å². The molecule has 0 spiro atoms. The average Bonchev–Trinajstić information content (AvgIpc) is 3.06. The Hall–Kier alpha value is -1.22. The third kappa shape index (κ3) is 5.33. The van der Waals surface area contributed by atoms with Crippen LogP contribution in [0.15, 0.2) is 38.6 Å². The highest BCUT2D eigenvalue weighted by atomic mass is 79.9. The smallest absolute Gasteiger partial charge is 0.225 e. The van der Waals surface area contributed by atoms with E-state index >= 15 is 0 Å². The van der Waals surface area contributed by atoms with E-state index < -0.39 is 0 Å². The number of anilines is 2. The SMILES string of the molecule is CN(C)c1nc(NC2CCC(CNCc3cc(Br)c(Br)s3)CC2)nc2ccccc12. The van der Waals surface area contributed by atoms with Gasteiger partial charge in [0.25, 0.3) is 0 Å². The second-order valence-electron chi connectivity index (χ2n) is 8.11. The predicted octanol–water partition coefficient (Wildman–Crippen LogP) is 6.04. The van der Waals surface area contributed by atoms with Crippen molar-refractivity contribution in [3.05, 3.63) is 43.5 Å². The molecule has 1 aliphatic rings. The summed E-state index contributed by atoms with van der Waals surface area (Å²) in [6.45, 7) is 2.02. The molecule has 5 nitrogen and oxygen atoms in total. The molecule has 4 rings (SSSR count).